The molecule has 0 radical (unpaired) electrons. The second-order valence-electron chi connectivity index (χ2n) is 8.03. The summed E-state index contributed by atoms with van der Waals surface area (Å²) in [6.07, 6.45) is 0. The molecular weight excluding hydrogens is 416 g/mol. The van der Waals surface area contributed by atoms with Crippen molar-refractivity contribution in [3.05, 3.63) is 101 Å². The summed E-state index contributed by atoms with van der Waals surface area (Å²) in [4.78, 5) is 38.1. The number of aryl methyl sites for hydroxylation is 1. The van der Waals surface area contributed by atoms with Crippen LogP contribution in [0.4, 0.5) is 5.69 Å². The lowest BCUT2D eigenvalue weighted by atomic mass is 9.98. The quantitative estimate of drug-likeness (QED) is 0.490. The van der Waals surface area contributed by atoms with E-state index in [4.69, 9.17) is 4.74 Å². The number of hydrogen-bond donors (Lipinski definition) is 2. The average Bonchev–Trinajstić information content (AvgIpc) is 2.83. The Balaban J connectivity index is 1.70. The lowest BCUT2D eigenvalue weighted by Gasteiger charge is -2.19. The number of carbonyl (C=O) groups is 3. The number of anilines is 1. The molecular formula is C27H28N2O4. The standard InChI is InChI=1S/C27H28N2O4/c1-18(2)22-16-10-11-19(3)24(22)28-23(30)17-33-27(32)25(20-12-6-4-7-13-20)29-26(31)21-14-8-5-9-15-21/h4-16,18,25H,17H2,1-3H3,(H,28,30)(H,29,31). The Bertz CT molecular complexity index is 1110. The zero-order valence-electron chi connectivity index (χ0n) is 19.0. The highest BCUT2D eigenvalue weighted by atomic mass is 16.5. The minimum Gasteiger partial charge on any atom is -0.454 e. The van der Waals surface area contributed by atoms with Gasteiger partial charge >= 0.3 is 5.97 Å². The van der Waals surface area contributed by atoms with Crippen LogP contribution in [0.1, 0.15) is 52.9 Å². The number of para-hydroxylation sites is 1. The molecule has 3 aromatic rings. The number of nitrogens with one attached hydrogen (secondary N) is 2. The van der Waals surface area contributed by atoms with Gasteiger partial charge in [-0.1, -0.05) is 80.6 Å². The maximum Gasteiger partial charge on any atom is 0.333 e. The van der Waals surface area contributed by atoms with E-state index >= 15 is 0 Å². The van der Waals surface area contributed by atoms with Gasteiger partial charge in [0.05, 0.1) is 0 Å². The van der Waals surface area contributed by atoms with E-state index in [1.165, 1.54) is 0 Å². The molecule has 33 heavy (non-hydrogen) atoms. The van der Waals surface area contributed by atoms with Crippen LogP contribution >= 0.6 is 0 Å². The SMILES string of the molecule is Cc1cccc(C(C)C)c1NC(=O)COC(=O)C(NC(=O)c1ccccc1)c1ccccc1. The molecule has 0 aromatic heterocycles. The van der Waals surface area contributed by atoms with Crippen LogP contribution in [0.3, 0.4) is 0 Å². The fourth-order valence-corrected chi connectivity index (χ4v) is 3.47. The van der Waals surface area contributed by atoms with Gasteiger partial charge in [0.15, 0.2) is 12.6 Å². The maximum atomic E-state index is 12.9. The summed E-state index contributed by atoms with van der Waals surface area (Å²) in [5.41, 5.74) is 3.65. The van der Waals surface area contributed by atoms with Crippen LogP contribution in [0.15, 0.2) is 78.9 Å². The van der Waals surface area contributed by atoms with Gasteiger partial charge in [-0.2, -0.15) is 0 Å². The smallest absolute Gasteiger partial charge is 0.333 e. The average molecular weight is 445 g/mol. The highest BCUT2D eigenvalue weighted by Gasteiger charge is 2.25. The van der Waals surface area contributed by atoms with Gasteiger partial charge in [-0.3, -0.25) is 9.59 Å². The molecule has 2 N–H and O–H groups in total. The summed E-state index contributed by atoms with van der Waals surface area (Å²) in [6, 6.07) is 22.2. The van der Waals surface area contributed by atoms with Crippen molar-refractivity contribution < 1.29 is 19.1 Å². The van der Waals surface area contributed by atoms with Gasteiger partial charge in [0.1, 0.15) is 0 Å². The van der Waals surface area contributed by atoms with Crippen molar-refractivity contribution in [3.63, 3.8) is 0 Å². The predicted molar refractivity (Wildman–Crippen MR) is 128 cm³/mol. The molecule has 0 heterocycles. The first-order valence-electron chi connectivity index (χ1n) is 10.8. The predicted octanol–water partition coefficient (Wildman–Crippen LogP) is 4.77. The van der Waals surface area contributed by atoms with E-state index in [0.29, 0.717) is 11.1 Å². The van der Waals surface area contributed by atoms with Crippen molar-refractivity contribution >= 4 is 23.5 Å². The molecule has 0 aliphatic heterocycles. The fourth-order valence-electron chi connectivity index (χ4n) is 3.47. The van der Waals surface area contributed by atoms with Gasteiger partial charge in [0, 0.05) is 11.3 Å². The van der Waals surface area contributed by atoms with E-state index in [9.17, 15) is 14.4 Å². The normalized spacial score (nSPS) is 11.5. The first-order chi connectivity index (χ1) is 15.9. The van der Waals surface area contributed by atoms with Crippen molar-refractivity contribution in [3.8, 4) is 0 Å². The third-order valence-corrected chi connectivity index (χ3v) is 5.22. The lowest BCUT2D eigenvalue weighted by molar-refractivity contribution is -0.149. The molecule has 1 atom stereocenters. The van der Waals surface area contributed by atoms with E-state index in [1.807, 2.05) is 45.0 Å². The molecule has 0 aliphatic rings. The second kappa shape index (κ2) is 11.1. The third-order valence-electron chi connectivity index (χ3n) is 5.22. The van der Waals surface area contributed by atoms with Crippen molar-refractivity contribution in [1.29, 1.82) is 0 Å². The molecule has 0 bridgehead atoms. The Kier molecular flexibility index (Phi) is 7.97. The van der Waals surface area contributed by atoms with Crippen LogP contribution in [0, 0.1) is 6.92 Å². The van der Waals surface area contributed by atoms with Crippen LogP contribution in [-0.2, 0) is 14.3 Å². The summed E-state index contributed by atoms with van der Waals surface area (Å²) in [5, 5.41) is 5.57. The molecule has 0 saturated heterocycles. The molecule has 6 heteroatoms. The molecule has 0 spiro atoms. The summed E-state index contributed by atoms with van der Waals surface area (Å²) in [6.45, 7) is 5.54. The van der Waals surface area contributed by atoms with Gasteiger partial charge in [-0.15, -0.1) is 0 Å². The van der Waals surface area contributed by atoms with E-state index in [1.54, 1.807) is 54.6 Å². The summed E-state index contributed by atoms with van der Waals surface area (Å²) in [5.74, 6) is -1.35. The number of carbonyl (C=O) groups excluding carboxylic acids is 3. The molecule has 6 nitrogen and oxygen atoms in total. The first-order valence-corrected chi connectivity index (χ1v) is 10.8. The van der Waals surface area contributed by atoms with E-state index in [2.05, 4.69) is 10.6 Å². The topological polar surface area (TPSA) is 84.5 Å². The largest absolute Gasteiger partial charge is 0.454 e. The van der Waals surface area contributed by atoms with E-state index < -0.39 is 30.4 Å². The minimum atomic E-state index is -1.05. The second-order valence-corrected chi connectivity index (χ2v) is 8.03. The Hall–Kier alpha value is -3.93. The molecule has 3 aromatic carbocycles. The van der Waals surface area contributed by atoms with Crippen molar-refractivity contribution in [2.45, 2.75) is 32.7 Å². The van der Waals surface area contributed by atoms with Crippen LogP contribution < -0.4 is 10.6 Å². The lowest BCUT2D eigenvalue weighted by Crippen LogP contribution is -2.36. The zero-order valence-corrected chi connectivity index (χ0v) is 19.0. The summed E-state index contributed by atoms with van der Waals surface area (Å²) < 4.78 is 5.30. The summed E-state index contributed by atoms with van der Waals surface area (Å²) >= 11 is 0. The number of benzene rings is 3. The Morgan fingerprint density at radius 3 is 2.12 bits per heavy atom. The van der Waals surface area contributed by atoms with Crippen molar-refractivity contribution in [2.75, 3.05) is 11.9 Å². The fraction of sp³-hybridized carbons (Fsp3) is 0.222. The molecule has 1 unspecified atom stereocenters. The number of ether oxygens (including phenoxy) is 1. The number of esters is 1. The minimum absolute atomic E-state index is 0.221. The van der Waals surface area contributed by atoms with Gasteiger partial charge in [-0.25, -0.2) is 4.79 Å². The summed E-state index contributed by atoms with van der Waals surface area (Å²) in [7, 11) is 0. The van der Waals surface area contributed by atoms with Crippen molar-refractivity contribution in [1.82, 2.24) is 5.32 Å². The van der Waals surface area contributed by atoms with Crippen LogP contribution in [0.25, 0.3) is 0 Å². The van der Waals surface area contributed by atoms with Gasteiger partial charge in [0.25, 0.3) is 11.8 Å². The third kappa shape index (κ3) is 6.29. The van der Waals surface area contributed by atoms with Crippen molar-refractivity contribution in [2.24, 2.45) is 0 Å². The van der Waals surface area contributed by atoms with E-state index in [-0.39, 0.29) is 5.92 Å². The van der Waals surface area contributed by atoms with E-state index in [0.717, 1.165) is 16.8 Å². The highest BCUT2D eigenvalue weighted by molar-refractivity contribution is 5.98. The monoisotopic (exact) mass is 444 g/mol. The van der Waals surface area contributed by atoms with Gasteiger partial charge < -0.3 is 15.4 Å². The maximum absolute atomic E-state index is 12.9. The van der Waals surface area contributed by atoms with Gasteiger partial charge in [-0.05, 0) is 41.7 Å². The number of amides is 2. The Morgan fingerprint density at radius 1 is 0.848 bits per heavy atom. The van der Waals surface area contributed by atoms with Crippen LogP contribution in [0.5, 0.6) is 0 Å². The zero-order chi connectivity index (χ0) is 23.8. The van der Waals surface area contributed by atoms with Crippen LogP contribution in [-0.4, -0.2) is 24.4 Å². The molecule has 3 rings (SSSR count). The first kappa shape index (κ1) is 23.7. The Morgan fingerprint density at radius 2 is 1.48 bits per heavy atom. The molecule has 170 valence electrons. The molecule has 0 saturated carbocycles. The molecule has 2 amide bonds. The molecule has 0 aliphatic carbocycles. The van der Waals surface area contributed by atoms with Crippen LogP contribution in [0.2, 0.25) is 0 Å². The van der Waals surface area contributed by atoms with Gasteiger partial charge in [0.2, 0.25) is 0 Å². The number of rotatable bonds is 8. The highest BCUT2D eigenvalue weighted by Crippen LogP contribution is 2.27. The Labute approximate surface area is 194 Å². The molecule has 0 fully saturated rings. The number of hydrogen-bond acceptors (Lipinski definition) is 4.